The normalized spacial score (nSPS) is 17.6. The molecule has 2 fully saturated rings. The summed E-state index contributed by atoms with van der Waals surface area (Å²) in [4.78, 5) is 17.5. The SMILES string of the molecule is COc1cc(F)ccc1Oc1cccc(CN2CCC3(CC2)C(=O)NCN3c2ccccc2)c1. The number of benzene rings is 3. The van der Waals surface area contributed by atoms with Gasteiger partial charge in [0.25, 0.3) is 0 Å². The number of likely N-dealkylation sites (tertiary alicyclic amines) is 1. The van der Waals surface area contributed by atoms with Crippen LogP contribution >= 0.6 is 0 Å². The monoisotopic (exact) mass is 461 g/mol. The average Bonchev–Trinajstić information content (AvgIpc) is 3.18. The third-order valence-corrected chi connectivity index (χ3v) is 6.75. The number of hydrogen-bond donors (Lipinski definition) is 1. The van der Waals surface area contributed by atoms with Gasteiger partial charge in [-0.2, -0.15) is 0 Å². The molecule has 176 valence electrons. The Hall–Kier alpha value is -3.58. The van der Waals surface area contributed by atoms with E-state index >= 15 is 0 Å². The van der Waals surface area contributed by atoms with Crippen molar-refractivity contribution in [3.05, 3.63) is 84.2 Å². The molecule has 2 aliphatic heterocycles. The first kappa shape index (κ1) is 22.2. The maximum absolute atomic E-state index is 13.5. The minimum atomic E-state index is -0.484. The van der Waals surface area contributed by atoms with Gasteiger partial charge in [0.05, 0.1) is 13.8 Å². The van der Waals surface area contributed by atoms with Crippen LogP contribution in [-0.4, -0.2) is 43.2 Å². The summed E-state index contributed by atoms with van der Waals surface area (Å²) in [5.74, 6) is 1.24. The molecule has 5 rings (SSSR count). The van der Waals surface area contributed by atoms with Crippen LogP contribution in [0.3, 0.4) is 0 Å². The molecule has 0 unspecified atom stereocenters. The molecule has 1 amide bonds. The number of halogens is 1. The molecule has 34 heavy (non-hydrogen) atoms. The molecule has 1 spiro atoms. The second-order valence-electron chi connectivity index (χ2n) is 8.78. The van der Waals surface area contributed by atoms with Gasteiger partial charge in [0.2, 0.25) is 5.91 Å². The third kappa shape index (κ3) is 4.31. The number of amides is 1. The standard InChI is InChI=1S/C27H28FN3O3/c1-33-25-17-21(28)10-11-24(25)34-23-9-5-6-20(16-23)18-30-14-12-27(13-15-30)26(32)29-19-31(27)22-7-3-2-4-8-22/h2-11,16-17H,12-15,18-19H2,1H3,(H,29,32). The molecule has 2 heterocycles. The smallest absolute Gasteiger partial charge is 0.247 e. The van der Waals surface area contributed by atoms with Crippen LogP contribution < -0.4 is 19.7 Å². The van der Waals surface area contributed by atoms with Gasteiger partial charge in [-0.15, -0.1) is 0 Å². The second kappa shape index (κ2) is 9.35. The van der Waals surface area contributed by atoms with Gasteiger partial charge in [0.1, 0.15) is 17.1 Å². The van der Waals surface area contributed by atoms with E-state index in [-0.39, 0.29) is 11.7 Å². The molecule has 2 saturated heterocycles. The lowest BCUT2D eigenvalue weighted by Gasteiger charge is -2.43. The molecule has 0 saturated carbocycles. The van der Waals surface area contributed by atoms with Gasteiger partial charge in [-0.05, 0) is 54.8 Å². The number of nitrogens with zero attached hydrogens (tertiary/aromatic N) is 2. The number of ether oxygens (including phenoxy) is 2. The lowest BCUT2D eigenvalue weighted by atomic mass is 9.85. The van der Waals surface area contributed by atoms with Gasteiger partial charge in [0.15, 0.2) is 11.5 Å². The fraction of sp³-hybridized carbons (Fsp3) is 0.296. The van der Waals surface area contributed by atoms with Crippen LogP contribution in [0.15, 0.2) is 72.8 Å². The first-order valence-electron chi connectivity index (χ1n) is 11.5. The summed E-state index contributed by atoms with van der Waals surface area (Å²) in [5.41, 5.74) is 1.71. The number of hydrogen-bond acceptors (Lipinski definition) is 5. The fourth-order valence-electron chi connectivity index (χ4n) is 4.93. The number of para-hydroxylation sites is 1. The first-order valence-corrected chi connectivity index (χ1v) is 11.5. The quantitative estimate of drug-likeness (QED) is 0.584. The Balaban J connectivity index is 1.25. The van der Waals surface area contributed by atoms with Crippen molar-refractivity contribution in [3.8, 4) is 17.2 Å². The maximum Gasteiger partial charge on any atom is 0.247 e. The topological polar surface area (TPSA) is 54.0 Å². The molecule has 3 aromatic carbocycles. The van der Waals surface area contributed by atoms with E-state index in [1.54, 1.807) is 6.07 Å². The minimum Gasteiger partial charge on any atom is -0.493 e. The highest BCUT2D eigenvalue weighted by Gasteiger charge is 2.50. The average molecular weight is 462 g/mol. The van der Waals surface area contributed by atoms with E-state index in [0.717, 1.165) is 43.7 Å². The largest absolute Gasteiger partial charge is 0.493 e. The highest BCUT2D eigenvalue weighted by molar-refractivity contribution is 5.93. The summed E-state index contributed by atoms with van der Waals surface area (Å²) in [6.07, 6.45) is 1.55. The molecule has 2 aliphatic rings. The van der Waals surface area contributed by atoms with E-state index in [9.17, 15) is 9.18 Å². The first-order chi connectivity index (χ1) is 16.6. The molecule has 0 aliphatic carbocycles. The molecule has 0 radical (unpaired) electrons. The van der Waals surface area contributed by atoms with E-state index in [4.69, 9.17) is 9.47 Å². The zero-order valence-electron chi connectivity index (χ0n) is 19.2. The zero-order chi connectivity index (χ0) is 23.5. The van der Waals surface area contributed by atoms with Crippen LogP contribution in [0.4, 0.5) is 10.1 Å². The van der Waals surface area contributed by atoms with E-state index in [1.807, 2.05) is 36.4 Å². The molecule has 1 N–H and O–H groups in total. The molecule has 0 atom stereocenters. The van der Waals surface area contributed by atoms with Gasteiger partial charge >= 0.3 is 0 Å². The minimum absolute atomic E-state index is 0.125. The predicted molar refractivity (Wildman–Crippen MR) is 129 cm³/mol. The number of rotatable bonds is 6. The summed E-state index contributed by atoms with van der Waals surface area (Å²) >= 11 is 0. The van der Waals surface area contributed by atoms with E-state index in [2.05, 4.69) is 33.3 Å². The maximum atomic E-state index is 13.5. The Labute approximate surface area is 198 Å². The Morgan fingerprint density at radius 3 is 2.53 bits per heavy atom. The predicted octanol–water partition coefficient (Wildman–Crippen LogP) is 4.56. The molecular weight excluding hydrogens is 433 g/mol. The van der Waals surface area contributed by atoms with Gasteiger partial charge < -0.3 is 19.7 Å². The Bertz CT molecular complexity index is 1160. The molecular formula is C27H28FN3O3. The van der Waals surface area contributed by atoms with Crippen LogP contribution in [0.1, 0.15) is 18.4 Å². The van der Waals surface area contributed by atoms with Crippen LogP contribution in [0.25, 0.3) is 0 Å². The number of anilines is 1. The zero-order valence-corrected chi connectivity index (χ0v) is 19.2. The van der Waals surface area contributed by atoms with Crippen LogP contribution in [0, 0.1) is 5.82 Å². The summed E-state index contributed by atoms with van der Waals surface area (Å²) in [6, 6.07) is 22.3. The van der Waals surface area contributed by atoms with Crippen molar-refractivity contribution in [2.24, 2.45) is 0 Å². The van der Waals surface area contributed by atoms with Crippen molar-refractivity contribution in [1.82, 2.24) is 10.2 Å². The lowest BCUT2D eigenvalue weighted by molar-refractivity contribution is -0.125. The van der Waals surface area contributed by atoms with Gasteiger partial charge in [-0.3, -0.25) is 9.69 Å². The van der Waals surface area contributed by atoms with E-state index < -0.39 is 5.54 Å². The van der Waals surface area contributed by atoms with Crippen LogP contribution in [-0.2, 0) is 11.3 Å². The highest BCUT2D eigenvalue weighted by atomic mass is 19.1. The van der Waals surface area contributed by atoms with E-state index in [1.165, 1.54) is 19.2 Å². The molecule has 0 bridgehead atoms. The molecule has 6 nitrogen and oxygen atoms in total. The molecule has 0 aromatic heterocycles. The summed E-state index contributed by atoms with van der Waals surface area (Å²) in [6.45, 7) is 2.97. The summed E-state index contributed by atoms with van der Waals surface area (Å²) < 4.78 is 24.7. The van der Waals surface area contributed by atoms with Gasteiger partial charge in [-0.25, -0.2) is 4.39 Å². The molecule has 3 aromatic rings. The van der Waals surface area contributed by atoms with Crippen molar-refractivity contribution >= 4 is 11.6 Å². The number of carbonyl (C=O) groups excluding carboxylic acids is 1. The van der Waals surface area contributed by atoms with Crippen molar-refractivity contribution in [3.63, 3.8) is 0 Å². The van der Waals surface area contributed by atoms with Gasteiger partial charge in [0, 0.05) is 31.4 Å². The number of methoxy groups -OCH3 is 1. The Morgan fingerprint density at radius 1 is 0.971 bits per heavy atom. The van der Waals surface area contributed by atoms with Crippen LogP contribution in [0.5, 0.6) is 17.2 Å². The molecule has 7 heteroatoms. The van der Waals surface area contributed by atoms with Crippen molar-refractivity contribution in [2.45, 2.75) is 24.9 Å². The number of carbonyl (C=O) groups is 1. The van der Waals surface area contributed by atoms with Crippen molar-refractivity contribution in [1.29, 1.82) is 0 Å². The van der Waals surface area contributed by atoms with Gasteiger partial charge in [-0.1, -0.05) is 30.3 Å². The number of nitrogens with one attached hydrogen (secondary N) is 1. The van der Waals surface area contributed by atoms with Crippen molar-refractivity contribution in [2.75, 3.05) is 31.8 Å². The summed E-state index contributed by atoms with van der Waals surface area (Å²) in [7, 11) is 1.49. The summed E-state index contributed by atoms with van der Waals surface area (Å²) in [5, 5.41) is 3.05. The van der Waals surface area contributed by atoms with E-state index in [0.29, 0.717) is 23.9 Å². The fourth-order valence-corrected chi connectivity index (χ4v) is 4.93. The Kier molecular flexibility index (Phi) is 6.11. The number of piperidine rings is 1. The highest BCUT2D eigenvalue weighted by Crippen LogP contribution is 2.37. The lowest BCUT2D eigenvalue weighted by Crippen LogP contribution is -2.56. The second-order valence-corrected chi connectivity index (χ2v) is 8.78. The third-order valence-electron chi connectivity index (χ3n) is 6.75. The van der Waals surface area contributed by atoms with Crippen LogP contribution in [0.2, 0.25) is 0 Å². The Morgan fingerprint density at radius 2 is 1.76 bits per heavy atom. The van der Waals surface area contributed by atoms with Crippen molar-refractivity contribution < 1.29 is 18.7 Å².